The van der Waals surface area contributed by atoms with Crippen molar-refractivity contribution in [1.82, 2.24) is 24.7 Å². The van der Waals surface area contributed by atoms with Gasteiger partial charge in [0.15, 0.2) is 0 Å². The summed E-state index contributed by atoms with van der Waals surface area (Å²) in [6, 6.07) is 8.02. The van der Waals surface area contributed by atoms with Crippen molar-refractivity contribution >= 4 is 17.6 Å². The Morgan fingerprint density at radius 1 is 1.23 bits per heavy atom. The van der Waals surface area contributed by atoms with E-state index in [0.717, 1.165) is 0 Å². The second-order valence-corrected chi connectivity index (χ2v) is 4.19. The Morgan fingerprint density at radius 3 is 2.64 bits per heavy atom. The van der Waals surface area contributed by atoms with Crippen LogP contribution in [0, 0.1) is 17.1 Å². The molecule has 0 unspecified atom stereocenters. The lowest BCUT2D eigenvalue weighted by Gasteiger charge is -2.02. The third kappa shape index (κ3) is 2.53. The van der Waals surface area contributed by atoms with E-state index >= 15 is 0 Å². The number of nitrogens with zero attached hydrogens (tertiary/aromatic N) is 6. The fourth-order valence-electron chi connectivity index (χ4n) is 1.70. The summed E-state index contributed by atoms with van der Waals surface area (Å²) in [5.74, 6) is -0.142. The quantitative estimate of drug-likeness (QED) is 0.749. The number of nitriles is 1. The molecule has 0 bridgehead atoms. The van der Waals surface area contributed by atoms with Crippen LogP contribution in [0.25, 0.3) is 5.95 Å². The van der Waals surface area contributed by atoms with Gasteiger partial charge in [-0.15, -0.1) is 5.10 Å². The molecule has 8 nitrogen and oxygen atoms in total. The van der Waals surface area contributed by atoms with E-state index in [1.807, 2.05) is 6.07 Å². The van der Waals surface area contributed by atoms with Crippen LogP contribution in [-0.2, 0) is 0 Å². The van der Waals surface area contributed by atoms with Crippen molar-refractivity contribution in [2.24, 2.45) is 0 Å². The van der Waals surface area contributed by atoms with E-state index in [1.54, 1.807) is 18.2 Å². The summed E-state index contributed by atoms with van der Waals surface area (Å²) in [6.07, 6.45) is 2.68. The van der Waals surface area contributed by atoms with Gasteiger partial charge in [0.05, 0.1) is 23.6 Å². The van der Waals surface area contributed by atoms with Crippen molar-refractivity contribution in [3.8, 4) is 12.0 Å². The molecule has 9 heteroatoms. The van der Waals surface area contributed by atoms with Crippen LogP contribution in [0.15, 0.2) is 36.7 Å². The summed E-state index contributed by atoms with van der Waals surface area (Å²) in [4.78, 5) is 11.9. The number of nitrogens with one attached hydrogen (secondary N) is 1. The predicted molar refractivity (Wildman–Crippen MR) is 75.8 cm³/mol. The number of para-hydroxylation sites is 1. The summed E-state index contributed by atoms with van der Waals surface area (Å²) < 4.78 is 14.8. The third-order valence-corrected chi connectivity index (χ3v) is 2.71. The number of anilines is 3. The molecule has 0 radical (unpaired) electrons. The molecule has 3 rings (SSSR count). The Labute approximate surface area is 124 Å². The van der Waals surface area contributed by atoms with Crippen molar-refractivity contribution in [1.29, 1.82) is 5.26 Å². The van der Waals surface area contributed by atoms with Crippen molar-refractivity contribution in [2.45, 2.75) is 0 Å². The van der Waals surface area contributed by atoms with E-state index in [2.05, 4.69) is 25.4 Å². The molecule has 0 fully saturated rings. The molecule has 0 aliphatic heterocycles. The molecule has 0 spiro atoms. The van der Waals surface area contributed by atoms with Crippen LogP contribution in [0.5, 0.6) is 0 Å². The maximum absolute atomic E-state index is 13.6. The molecule has 2 heterocycles. The van der Waals surface area contributed by atoms with E-state index in [4.69, 9.17) is 11.0 Å². The van der Waals surface area contributed by atoms with Crippen LogP contribution >= 0.6 is 0 Å². The Hall–Kier alpha value is -3.54. The average molecular weight is 296 g/mol. The molecule has 0 saturated heterocycles. The first kappa shape index (κ1) is 13.4. The van der Waals surface area contributed by atoms with Crippen molar-refractivity contribution < 1.29 is 4.39 Å². The highest BCUT2D eigenvalue weighted by atomic mass is 19.1. The Balaban J connectivity index is 1.90. The summed E-state index contributed by atoms with van der Waals surface area (Å²) in [6.45, 7) is 0. The van der Waals surface area contributed by atoms with E-state index in [9.17, 15) is 4.39 Å². The van der Waals surface area contributed by atoms with E-state index < -0.39 is 5.82 Å². The monoisotopic (exact) mass is 296 g/mol. The molecule has 2 aromatic heterocycles. The van der Waals surface area contributed by atoms with Gasteiger partial charge in [0.1, 0.15) is 11.9 Å². The first-order chi connectivity index (χ1) is 10.7. The number of nitrogen functional groups attached to an aromatic ring is 1. The molecular weight excluding hydrogens is 287 g/mol. The molecule has 0 aliphatic carbocycles. The zero-order valence-corrected chi connectivity index (χ0v) is 11.1. The standard InChI is InChI=1S/C13H9FN8/c14-9-3-1-2-4-10(9)19-12-20-11(16)22(21-12)13-17-6-8(5-15)7-18-13/h1-4,6-7H,(H3,16,19,20,21). The number of nitrogens with two attached hydrogens (primary N) is 1. The maximum Gasteiger partial charge on any atom is 0.253 e. The number of rotatable bonds is 3. The molecule has 3 N–H and O–H groups in total. The minimum absolute atomic E-state index is 0.0311. The van der Waals surface area contributed by atoms with Gasteiger partial charge in [0.2, 0.25) is 11.9 Å². The zero-order valence-electron chi connectivity index (χ0n) is 11.1. The lowest BCUT2D eigenvalue weighted by atomic mass is 10.3. The highest BCUT2D eigenvalue weighted by molar-refractivity contribution is 5.55. The molecule has 22 heavy (non-hydrogen) atoms. The van der Waals surface area contributed by atoms with Gasteiger partial charge in [-0.2, -0.15) is 14.9 Å². The Kier molecular flexibility index (Phi) is 3.33. The largest absolute Gasteiger partial charge is 0.368 e. The number of aromatic nitrogens is 5. The molecule has 0 atom stereocenters. The maximum atomic E-state index is 13.6. The third-order valence-electron chi connectivity index (χ3n) is 2.71. The molecular formula is C13H9FN8. The smallest absolute Gasteiger partial charge is 0.253 e. The van der Waals surface area contributed by atoms with E-state index in [-0.39, 0.29) is 23.5 Å². The van der Waals surface area contributed by atoms with Gasteiger partial charge in [-0.05, 0) is 12.1 Å². The van der Waals surface area contributed by atoms with Crippen LogP contribution in [0.3, 0.4) is 0 Å². The molecule has 1 aromatic carbocycles. The minimum atomic E-state index is -0.438. The van der Waals surface area contributed by atoms with Gasteiger partial charge < -0.3 is 11.1 Å². The first-order valence-corrected chi connectivity index (χ1v) is 6.14. The second-order valence-electron chi connectivity index (χ2n) is 4.19. The van der Waals surface area contributed by atoms with Gasteiger partial charge in [-0.3, -0.25) is 0 Å². The van der Waals surface area contributed by atoms with Crippen molar-refractivity contribution in [2.75, 3.05) is 11.1 Å². The molecule has 108 valence electrons. The highest BCUT2D eigenvalue weighted by Crippen LogP contribution is 2.18. The Bertz CT molecular complexity index is 849. The molecule has 0 saturated carbocycles. The van der Waals surface area contributed by atoms with Crippen LogP contribution in [-0.4, -0.2) is 24.7 Å². The van der Waals surface area contributed by atoms with Gasteiger partial charge in [0, 0.05) is 0 Å². The zero-order chi connectivity index (χ0) is 15.5. The average Bonchev–Trinajstić information content (AvgIpc) is 2.90. The van der Waals surface area contributed by atoms with E-state index in [1.165, 1.54) is 23.1 Å². The lowest BCUT2D eigenvalue weighted by molar-refractivity contribution is 0.631. The predicted octanol–water partition coefficient (Wildman–Crippen LogP) is 1.39. The van der Waals surface area contributed by atoms with Crippen LogP contribution in [0.1, 0.15) is 5.56 Å². The first-order valence-electron chi connectivity index (χ1n) is 6.14. The Morgan fingerprint density at radius 2 is 1.95 bits per heavy atom. The highest BCUT2D eigenvalue weighted by Gasteiger charge is 2.12. The number of hydrogen-bond acceptors (Lipinski definition) is 7. The molecule has 0 amide bonds. The summed E-state index contributed by atoms with van der Waals surface area (Å²) >= 11 is 0. The SMILES string of the molecule is N#Cc1cnc(-n2nc(Nc3ccccc3F)nc2N)nc1. The molecule has 3 aromatic rings. The number of halogens is 1. The second kappa shape index (κ2) is 5.45. The van der Waals surface area contributed by atoms with E-state index in [0.29, 0.717) is 5.56 Å². The fraction of sp³-hybridized carbons (Fsp3) is 0. The number of benzene rings is 1. The summed E-state index contributed by atoms with van der Waals surface area (Å²) in [5.41, 5.74) is 6.28. The lowest BCUT2D eigenvalue weighted by Crippen LogP contribution is -2.07. The van der Waals surface area contributed by atoms with Crippen LogP contribution < -0.4 is 11.1 Å². The number of hydrogen-bond donors (Lipinski definition) is 2. The van der Waals surface area contributed by atoms with Crippen LogP contribution in [0.4, 0.5) is 22.0 Å². The van der Waals surface area contributed by atoms with Crippen LogP contribution in [0.2, 0.25) is 0 Å². The minimum Gasteiger partial charge on any atom is -0.368 e. The van der Waals surface area contributed by atoms with Gasteiger partial charge in [0.25, 0.3) is 5.95 Å². The van der Waals surface area contributed by atoms with Crippen molar-refractivity contribution in [3.63, 3.8) is 0 Å². The van der Waals surface area contributed by atoms with Gasteiger partial charge in [-0.25, -0.2) is 14.4 Å². The fourth-order valence-corrected chi connectivity index (χ4v) is 1.70. The topological polar surface area (TPSA) is 118 Å². The normalized spacial score (nSPS) is 10.2. The molecule has 0 aliphatic rings. The van der Waals surface area contributed by atoms with Crippen molar-refractivity contribution in [3.05, 3.63) is 48.0 Å². The summed E-state index contributed by atoms with van der Waals surface area (Å²) in [7, 11) is 0. The summed E-state index contributed by atoms with van der Waals surface area (Å²) in [5, 5.41) is 15.5. The van der Waals surface area contributed by atoms with Gasteiger partial charge >= 0.3 is 0 Å². The van der Waals surface area contributed by atoms with Gasteiger partial charge in [-0.1, -0.05) is 12.1 Å².